The Morgan fingerprint density at radius 2 is 2.21 bits per heavy atom. The first-order valence-electron chi connectivity index (χ1n) is 8.02. The van der Waals surface area contributed by atoms with Gasteiger partial charge in [0.05, 0.1) is 25.1 Å². The lowest BCUT2D eigenvalue weighted by atomic mass is 10.0. The highest BCUT2D eigenvalue weighted by Crippen LogP contribution is 2.13. The van der Waals surface area contributed by atoms with Crippen molar-refractivity contribution in [3.8, 4) is 0 Å². The molecule has 2 aromatic rings. The molecule has 0 bridgehead atoms. The quantitative estimate of drug-likeness (QED) is 0.855. The van der Waals surface area contributed by atoms with E-state index in [1.807, 2.05) is 19.1 Å². The van der Waals surface area contributed by atoms with E-state index in [0.717, 1.165) is 23.5 Å². The van der Waals surface area contributed by atoms with Crippen molar-refractivity contribution in [1.82, 2.24) is 20.3 Å². The molecular weight excluding hydrogens is 306 g/mol. The molecule has 0 radical (unpaired) electrons. The molecule has 1 amide bonds. The Labute approximate surface area is 140 Å². The Hall–Kier alpha value is -2.54. The zero-order valence-corrected chi connectivity index (χ0v) is 13.6. The molecule has 0 saturated carbocycles. The van der Waals surface area contributed by atoms with Gasteiger partial charge in [0.15, 0.2) is 0 Å². The van der Waals surface area contributed by atoms with Gasteiger partial charge in [-0.3, -0.25) is 9.78 Å². The smallest absolute Gasteiger partial charge is 0.224 e. The molecular formula is C17H21N5O2. The standard InChI is InChI=1S/C17H21N5O2/c1-12-2-3-13(9-19-12)8-17(23)22-14-5-7-24-10-15(14)21-16-4-6-18-11-20-16/h2-4,6,9,11,14-15H,5,7-8,10H2,1H3,(H,22,23)(H,18,20,21)/t14-,15+/m0/s1. The highest BCUT2D eigenvalue weighted by molar-refractivity contribution is 5.78. The van der Waals surface area contributed by atoms with E-state index in [9.17, 15) is 4.79 Å². The van der Waals surface area contributed by atoms with Crippen LogP contribution in [0.4, 0.5) is 5.82 Å². The maximum atomic E-state index is 12.3. The molecule has 7 nitrogen and oxygen atoms in total. The number of nitrogens with one attached hydrogen (secondary N) is 2. The van der Waals surface area contributed by atoms with Crippen LogP contribution in [0.15, 0.2) is 36.9 Å². The van der Waals surface area contributed by atoms with Gasteiger partial charge in [-0.15, -0.1) is 0 Å². The van der Waals surface area contributed by atoms with Crippen LogP contribution < -0.4 is 10.6 Å². The van der Waals surface area contributed by atoms with Gasteiger partial charge in [0.1, 0.15) is 12.1 Å². The largest absolute Gasteiger partial charge is 0.379 e. The molecule has 3 rings (SSSR count). The Morgan fingerprint density at radius 1 is 1.29 bits per heavy atom. The first-order chi connectivity index (χ1) is 11.7. The number of aromatic nitrogens is 3. The summed E-state index contributed by atoms with van der Waals surface area (Å²) in [5.74, 6) is 0.713. The maximum Gasteiger partial charge on any atom is 0.224 e. The molecule has 126 valence electrons. The van der Waals surface area contributed by atoms with Gasteiger partial charge in [0.25, 0.3) is 0 Å². The van der Waals surface area contributed by atoms with Crippen molar-refractivity contribution < 1.29 is 9.53 Å². The number of nitrogens with zero attached hydrogens (tertiary/aromatic N) is 3. The molecule has 0 unspecified atom stereocenters. The molecule has 1 fully saturated rings. The maximum absolute atomic E-state index is 12.3. The number of ether oxygens (including phenoxy) is 1. The van der Waals surface area contributed by atoms with E-state index in [4.69, 9.17) is 4.74 Å². The van der Waals surface area contributed by atoms with E-state index in [1.54, 1.807) is 18.5 Å². The first-order valence-corrected chi connectivity index (χ1v) is 8.02. The number of hydrogen-bond acceptors (Lipinski definition) is 6. The fourth-order valence-corrected chi connectivity index (χ4v) is 2.67. The molecule has 3 heterocycles. The SMILES string of the molecule is Cc1ccc(CC(=O)N[C@H]2CCOC[C@H]2Nc2ccncn2)cn1. The first kappa shape index (κ1) is 16.3. The van der Waals surface area contributed by atoms with Gasteiger partial charge in [0.2, 0.25) is 5.91 Å². The lowest BCUT2D eigenvalue weighted by Crippen LogP contribution is -2.52. The van der Waals surface area contributed by atoms with Crippen molar-refractivity contribution in [2.45, 2.75) is 31.8 Å². The van der Waals surface area contributed by atoms with Gasteiger partial charge in [-0.1, -0.05) is 6.07 Å². The highest BCUT2D eigenvalue weighted by atomic mass is 16.5. The second-order valence-corrected chi connectivity index (χ2v) is 5.87. The summed E-state index contributed by atoms with van der Waals surface area (Å²) in [7, 11) is 0. The van der Waals surface area contributed by atoms with Crippen LogP contribution in [0.2, 0.25) is 0 Å². The normalized spacial score (nSPS) is 20.4. The lowest BCUT2D eigenvalue weighted by Gasteiger charge is -2.33. The van der Waals surface area contributed by atoms with Crippen LogP contribution >= 0.6 is 0 Å². The number of rotatable bonds is 5. The zero-order valence-electron chi connectivity index (χ0n) is 13.6. The van der Waals surface area contributed by atoms with Crippen molar-refractivity contribution in [3.05, 3.63) is 48.2 Å². The van der Waals surface area contributed by atoms with Crippen LogP contribution in [-0.2, 0) is 16.0 Å². The molecule has 7 heteroatoms. The summed E-state index contributed by atoms with van der Waals surface area (Å²) in [6, 6.07) is 5.62. The average Bonchev–Trinajstić information content (AvgIpc) is 2.60. The number of anilines is 1. The van der Waals surface area contributed by atoms with Gasteiger partial charge in [-0.2, -0.15) is 0 Å². The van der Waals surface area contributed by atoms with E-state index < -0.39 is 0 Å². The minimum Gasteiger partial charge on any atom is -0.379 e. The van der Waals surface area contributed by atoms with Gasteiger partial charge >= 0.3 is 0 Å². The molecule has 1 saturated heterocycles. The van der Waals surface area contributed by atoms with Crippen molar-refractivity contribution >= 4 is 11.7 Å². The molecule has 2 N–H and O–H groups in total. The fourth-order valence-electron chi connectivity index (χ4n) is 2.67. The second kappa shape index (κ2) is 7.83. The van der Waals surface area contributed by atoms with Crippen molar-refractivity contribution in [3.63, 3.8) is 0 Å². The van der Waals surface area contributed by atoms with Crippen LogP contribution in [0.5, 0.6) is 0 Å². The topological polar surface area (TPSA) is 89.0 Å². The molecule has 2 atom stereocenters. The monoisotopic (exact) mass is 327 g/mol. The van der Waals surface area contributed by atoms with Crippen LogP contribution in [0.3, 0.4) is 0 Å². The molecule has 0 spiro atoms. The zero-order chi connectivity index (χ0) is 16.8. The minimum absolute atomic E-state index is 0.000349. The molecule has 1 aliphatic heterocycles. The lowest BCUT2D eigenvalue weighted by molar-refractivity contribution is -0.121. The van der Waals surface area contributed by atoms with Crippen LogP contribution in [0, 0.1) is 6.92 Å². The predicted octanol–water partition coefficient (Wildman–Crippen LogP) is 1.11. The number of carbonyl (C=O) groups is 1. The summed E-state index contributed by atoms with van der Waals surface area (Å²) in [4.78, 5) is 24.6. The number of pyridine rings is 1. The molecule has 0 aromatic carbocycles. The number of hydrogen-bond donors (Lipinski definition) is 2. The van der Waals surface area contributed by atoms with Gasteiger partial charge in [-0.05, 0) is 31.0 Å². The number of carbonyl (C=O) groups excluding carboxylic acids is 1. The summed E-state index contributed by atoms with van der Waals surface area (Å²) in [5.41, 5.74) is 1.85. The summed E-state index contributed by atoms with van der Waals surface area (Å²) in [5, 5.41) is 6.40. The van der Waals surface area contributed by atoms with Gasteiger partial charge < -0.3 is 15.4 Å². The average molecular weight is 327 g/mol. The van der Waals surface area contributed by atoms with Gasteiger partial charge in [-0.25, -0.2) is 9.97 Å². The van der Waals surface area contributed by atoms with Crippen molar-refractivity contribution in [2.24, 2.45) is 0 Å². The van der Waals surface area contributed by atoms with Crippen molar-refractivity contribution in [2.75, 3.05) is 18.5 Å². The predicted molar refractivity (Wildman–Crippen MR) is 89.5 cm³/mol. The summed E-state index contributed by atoms with van der Waals surface area (Å²) in [6.07, 6.45) is 6.00. The molecule has 2 aromatic heterocycles. The molecule has 24 heavy (non-hydrogen) atoms. The Balaban J connectivity index is 1.58. The minimum atomic E-state index is -0.0197. The van der Waals surface area contributed by atoms with Crippen LogP contribution in [-0.4, -0.2) is 46.2 Å². The third-order valence-corrected chi connectivity index (χ3v) is 3.96. The third-order valence-electron chi connectivity index (χ3n) is 3.96. The Bertz CT molecular complexity index is 662. The fraction of sp³-hybridized carbons (Fsp3) is 0.412. The number of amides is 1. The second-order valence-electron chi connectivity index (χ2n) is 5.87. The van der Waals surface area contributed by atoms with E-state index in [-0.39, 0.29) is 18.0 Å². The summed E-state index contributed by atoms with van der Waals surface area (Å²) < 4.78 is 5.53. The van der Waals surface area contributed by atoms with E-state index in [1.165, 1.54) is 6.33 Å². The summed E-state index contributed by atoms with van der Waals surface area (Å²) in [6.45, 7) is 3.09. The van der Waals surface area contributed by atoms with Crippen LogP contribution in [0.1, 0.15) is 17.7 Å². The Kier molecular flexibility index (Phi) is 5.32. The molecule has 0 aliphatic carbocycles. The third kappa shape index (κ3) is 4.48. The van der Waals surface area contributed by atoms with Crippen molar-refractivity contribution in [1.29, 1.82) is 0 Å². The van der Waals surface area contributed by atoms with Crippen LogP contribution in [0.25, 0.3) is 0 Å². The Morgan fingerprint density at radius 3 is 2.96 bits per heavy atom. The summed E-state index contributed by atoms with van der Waals surface area (Å²) >= 11 is 0. The van der Waals surface area contributed by atoms with E-state index in [2.05, 4.69) is 25.6 Å². The highest BCUT2D eigenvalue weighted by Gasteiger charge is 2.27. The van der Waals surface area contributed by atoms with E-state index >= 15 is 0 Å². The van der Waals surface area contributed by atoms with E-state index in [0.29, 0.717) is 19.6 Å². The molecule has 1 aliphatic rings. The van der Waals surface area contributed by atoms with Gasteiger partial charge in [0, 0.05) is 24.7 Å². The number of aryl methyl sites for hydroxylation is 1.